The summed E-state index contributed by atoms with van der Waals surface area (Å²) < 4.78 is 0. The molecule has 1 fully saturated rings. The van der Waals surface area contributed by atoms with Gasteiger partial charge in [-0.25, -0.2) is 0 Å². The molecule has 0 saturated heterocycles. The van der Waals surface area contributed by atoms with Crippen LogP contribution in [0.25, 0.3) is 0 Å². The Hall–Kier alpha value is -0.240. The highest BCUT2D eigenvalue weighted by Crippen LogP contribution is 2.29. The lowest BCUT2D eigenvalue weighted by Gasteiger charge is -2.33. The number of rotatable bonds is 3. The van der Waals surface area contributed by atoms with E-state index in [4.69, 9.17) is 23.2 Å². The minimum absolute atomic E-state index is 0.608. The molecule has 1 aliphatic rings. The van der Waals surface area contributed by atoms with Gasteiger partial charge in [0.25, 0.3) is 0 Å². The molecule has 0 aromatic heterocycles. The van der Waals surface area contributed by atoms with E-state index in [1.165, 1.54) is 19.3 Å². The lowest BCUT2D eigenvalue weighted by molar-refractivity contribution is 0.227. The Balaban J connectivity index is 1.93. The molecule has 0 aliphatic heterocycles. The summed E-state index contributed by atoms with van der Waals surface area (Å²) in [7, 11) is 0. The Labute approximate surface area is 120 Å². The van der Waals surface area contributed by atoms with Crippen molar-refractivity contribution in [2.75, 3.05) is 0 Å². The molecule has 3 heteroatoms. The lowest BCUT2D eigenvalue weighted by Crippen LogP contribution is -2.38. The predicted octanol–water partition coefficient (Wildman–Crippen LogP) is 4.91. The quantitative estimate of drug-likeness (QED) is 0.832. The summed E-state index contributed by atoms with van der Waals surface area (Å²) in [4.78, 5) is 0. The van der Waals surface area contributed by atoms with Crippen molar-refractivity contribution in [3.63, 3.8) is 0 Å². The van der Waals surface area contributed by atoms with E-state index in [2.05, 4.69) is 19.2 Å². The van der Waals surface area contributed by atoms with Crippen LogP contribution in [0.4, 0.5) is 0 Å². The molecule has 1 saturated carbocycles. The summed E-state index contributed by atoms with van der Waals surface area (Å²) in [6.45, 7) is 5.50. The Morgan fingerprint density at radius 1 is 1.22 bits per heavy atom. The highest BCUT2D eigenvalue weighted by molar-refractivity contribution is 6.33. The molecule has 1 aromatic carbocycles. The average Bonchev–Trinajstić information content (AvgIpc) is 2.32. The van der Waals surface area contributed by atoms with Crippen LogP contribution >= 0.6 is 23.2 Å². The Morgan fingerprint density at radius 2 is 2.00 bits per heavy atom. The van der Waals surface area contributed by atoms with Crippen LogP contribution in [0.1, 0.15) is 38.7 Å². The summed E-state index contributed by atoms with van der Waals surface area (Å²) in [5, 5.41) is 5.18. The summed E-state index contributed by atoms with van der Waals surface area (Å²) in [5.41, 5.74) is 1.09. The zero-order chi connectivity index (χ0) is 13.1. The second kappa shape index (κ2) is 6.27. The fraction of sp³-hybridized carbons (Fsp3) is 0.600. The van der Waals surface area contributed by atoms with E-state index >= 15 is 0 Å². The molecule has 0 bridgehead atoms. The summed E-state index contributed by atoms with van der Waals surface area (Å²) in [5.74, 6) is 1.61. The monoisotopic (exact) mass is 285 g/mol. The van der Waals surface area contributed by atoms with Crippen molar-refractivity contribution in [3.05, 3.63) is 33.8 Å². The van der Waals surface area contributed by atoms with Crippen molar-refractivity contribution in [2.24, 2.45) is 11.8 Å². The first-order valence-electron chi connectivity index (χ1n) is 6.73. The van der Waals surface area contributed by atoms with Gasteiger partial charge < -0.3 is 5.32 Å². The zero-order valence-electron chi connectivity index (χ0n) is 11.0. The molecule has 2 rings (SSSR count). The molecule has 100 valence electrons. The molecular weight excluding hydrogens is 265 g/mol. The molecule has 0 radical (unpaired) electrons. The number of benzene rings is 1. The standard InChI is InChI=1S/C15H21Cl2N/c1-10-3-6-15(11(2)7-10)18-9-12-8-13(16)4-5-14(12)17/h4-5,8,10-11,15,18H,3,6-7,9H2,1-2H3. The largest absolute Gasteiger partial charge is 0.310 e. The molecule has 0 amide bonds. The Bertz CT molecular complexity index is 405. The molecule has 3 atom stereocenters. The maximum absolute atomic E-state index is 6.17. The van der Waals surface area contributed by atoms with Crippen LogP contribution in [0, 0.1) is 11.8 Å². The van der Waals surface area contributed by atoms with Gasteiger partial charge in [-0.2, -0.15) is 0 Å². The second-order valence-electron chi connectivity index (χ2n) is 5.62. The van der Waals surface area contributed by atoms with E-state index in [1.54, 1.807) is 0 Å². The summed E-state index contributed by atoms with van der Waals surface area (Å²) in [6, 6.07) is 6.26. The molecule has 0 heterocycles. The van der Waals surface area contributed by atoms with E-state index in [1.807, 2.05) is 18.2 Å². The van der Waals surface area contributed by atoms with Crippen molar-refractivity contribution >= 4 is 23.2 Å². The van der Waals surface area contributed by atoms with Crippen molar-refractivity contribution in [3.8, 4) is 0 Å². The second-order valence-corrected chi connectivity index (χ2v) is 6.46. The molecule has 3 unspecified atom stereocenters. The highest BCUT2D eigenvalue weighted by atomic mass is 35.5. The minimum atomic E-state index is 0.608. The van der Waals surface area contributed by atoms with Gasteiger partial charge in [0.15, 0.2) is 0 Å². The first-order chi connectivity index (χ1) is 8.56. The van der Waals surface area contributed by atoms with Crippen LogP contribution < -0.4 is 5.32 Å². The molecular formula is C15H21Cl2N. The van der Waals surface area contributed by atoms with Crippen LogP contribution in [-0.2, 0) is 6.54 Å². The molecule has 1 aliphatic carbocycles. The molecule has 18 heavy (non-hydrogen) atoms. The molecule has 1 aromatic rings. The van der Waals surface area contributed by atoms with Crippen molar-refractivity contribution in [1.82, 2.24) is 5.32 Å². The van der Waals surface area contributed by atoms with Gasteiger partial charge in [0, 0.05) is 22.6 Å². The van der Waals surface area contributed by atoms with Gasteiger partial charge in [0.2, 0.25) is 0 Å². The number of halogens is 2. The van der Waals surface area contributed by atoms with Crippen LogP contribution in [0.3, 0.4) is 0 Å². The van der Waals surface area contributed by atoms with Crippen LogP contribution in [0.2, 0.25) is 10.0 Å². The van der Waals surface area contributed by atoms with Gasteiger partial charge in [-0.3, -0.25) is 0 Å². The van der Waals surface area contributed by atoms with Crippen LogP contribution in [0.15, 0.2) is 18.2 Å². The summed E-state index contributed by atoms with van der Waals surface area (Å²) >= 11 is 12.2. The van der Waals surface area contributed by atoms with E-state index in [-0.39, 0.29) is 0 Å². The highest BCUT2D eigenvalue weighted by Gasteiger charge is 2.24. The maximum Gasteiger partial charge on any atom is 0.0451 e. The van der Waals surface area contributed by atoms with Gasteiger partial charge in [-0.15, -0.1) is 0 Å². The molecule has 1 N–H and O–H groups in total. The molecule has 0 spiro atoms. The van der Waals surface area contributed by atoms with E-state index in [0.717, 1.165) is 34.0 Å². The third-order valence-corrected chi connectivity index (χ3v) is 4.60. The van der Waals surface area contributed by atoms with Gasteiger partial charge >= 0.3 is 0 Å². The number of hydrogen-bond acceptors (Lipinski definition) is 1. The average molecular weight is 286 g/mol. The van der Waals surface area contributed by atoms with Gasteiger partial charge in [0.05, 0.1) is 0 Å². The first kappa shape index (κ1) is 14.2. The Kier molecular flexibility index (Phi) is 4.94. The van der Waals surface area contributed by atoms with E-state index in [0.29, 0.717) is 6.04 Å². The Morgan fingerprint density at radius 3 is 2.72 bits per heavy atom. The van der Waals surface area contributed by atoms with Gasteiger partial charge in [-0.1, -0.05) is 37.0 Å². The summed E-state index contributed by atoms with van der Waals surface area (Å²) in [6.07, 6.45) is 3.91. The topological polar surface area (TPSA) is 12.0 Å². The fourth-order valence-corrected chi connectivity index (χ4v) is 3.27. The smallest absolute Gasteiger partial charge is 0.0451 e. The maximum atomic E-state index is 6.17. The normalized spacial score (nSPS) is 28.3. The predicted molar refractivity (Wildman–Crippen MR) is 79.3 cm³/mol. The lowest BCUT2D eigenvalue weighted by atomic mass is 9.80. The third kappa shape index (κ3) is 3.63. The first-order valence-corrected chi connectivity index (χ1v) is 7.49. The van der Waals surface area contributed by atoms with Gasteiger partial charge in [0.1, 0.15) is 0 Å². The van der Waals surface area contributed by atoms with E-state index < -0.39 is 0 Å². The third-order valence-electron chi connectivity index (χ3n) is 3.99. The SMILES string of the molecule is CC1CCC(NCc2cc(Cl)ccc2Cl)C(C)C1. The fourth-order valence-electron chi connectivity index (χ4n) is 2.89. The minimum Gasteiger partial charge on any atom is -0.310 e. The van der Waals surface area contributed by atoms with Crippen LogP contribution in [-0.4, -0.2) is 6.04 Å². The number of hydrogen-bond donors (Lipinski definition) is 1. The van der Waals surface area contributed by atoms with Gasteiger partial charge in [-0.05, 0) is 54.9 Å². The number of nitrogens with one attached hydrogen (secondary N) is 1. The van der Waals surface area contributed by atoms with Crippen molar-refractivity contribution in [1.29, 1.82) is 0 Å². The van der Waals surface area contributed by atoms with Crippen molar-refractivity contribution in [2.45, 2.75) is 45.7 Å². The zero-order valence-corrected chi connectivity index (χ0v) is 12.6. The van der Waals surface area contributed by atoms with Crippen molar-refractivity contribution < 1.29 is 0 Å². The molecule has 1 nitrogen and oxygen atoms in total. The van der Waals surface area contributed by atoms with E-state index in [9.17, 15) is 0 Å². The van der Waals surface area contributed by atoms with Crippen LogP contribution in [0.5, 0.6) is 0 Å².